The highest BCUT2D eigenvalue weighted by molar-refractivity contribution is 5.91. The molecule has 1 heterocycles. The molecule has 1 aliphatic heterocycles. The Labute approximate surface area is 181 Å². The first kappa shape index (κ1) is 22.2. The van der Waals surface area contributed by atoms with Crippen LogP contribution in [-0.4, -0.2) is 19.2 Å². The van der Waals surface area contributed by atoms with Crippen molar-refractivity contribution in [1.82, 2.24) is 5.32 Å². The fourth-order valence-electron chi connectivity index (χ4n) is 4.24. The normalized spacial score (nSPS) is 13.8. The summed E-state index contributed by atoms with van der Waals surface area (Å²) in [4.78, 5) is 12.8. The van der Waals surface area contributed by atoms with Gasteiger partial charge in [0, 0.05) is 24.6 Å². The van der Waals surface area contributed by atoms with E-state index in [2.05, 4.69) is 81.7 Å². The zero-order chi connectivity index (χ0) is 21.7. The third-order valence-corrected chi connectivity index (χ3v) is 5.95. The Morgan fingerprint density at radius 3 is 2.40 bits per heavy atom. The Morgan fingerprint density at radius 1 is 1.07 bits per heavy atom. The number of hydrogen-bond donors (Lipinski definition) is 2. The number of carbonyl (C=O) groups is 1. The van der Waals surface area contributed by atoms with Crippen LogP contribution in [0.1, 0.15) is 87.5 Å². The zero-order valence-corrected chi connectivity index (χ0v) is 19.0. The molecule has 4 heteroatoms. The van der Waals surface area contributed by atoms with Crippen molar-refractivity contribution in [2.24, 2.45) is 0 Å². The van der Waals surface area contributed by atoms with Crippen molar-refractivity contribution in [1.29, 1.82) is 0 Å². The van der Waals surface area contributed by atoms with Crippen LogP contribution in [0.4, 0.5) is 10.5 Å². The Balaban J connectivity index is 1.71. The molecule has 0 spiro atoms. The molecule has 0 aliphatic carbocycles. The van der Waals surface area contributed by atoms with Crippen LogP contribution in [0, 0.1) is 0 Å². The Kier molecular flexibility index (Phi) is 7.41. The molecule has 1 unspecified atom stereocenters. The first-order valence-electron chi connectivity index (χ1n) is 11.3. The molecule has 0 aromatic heterocycles. The van der Waals surface area contributed by atoms with Gasteiger partial charge in [-0.15, -0.1) is 0 Å². The highest BCUT2D eigenvalue weighted by Crippen LogP contribution is 2.33. The number of benzene rings is 2. The van der Waals surface area contributed by atoms with Crippen LogP contribution in [0.3, 0.4) is 0 Å². The monoisotopic (exact) mass is 408 g/mol. The van der Waals surface area contributed by atoms with Gasteiger partial charge in [-0.25, -0.2) is 4.79 Å². The molecular formula is C26H36N2O2. The maximum Gasteiger partial charge on any atom is 0.319 e. The summed E-state index contributed by atoms with van der Waals surface area (Å²) >= 11 is 0. The molecule has 0 bridgehead atoms. The standard InChI is InChI=1S/C26H36N2O2/c1-6-8-21(20-12-11-19-13-14-30-24(19)15-20)16-27-26(29)28-25-22(17(2)3)9-7-10-23(25)18(4)5/h7,9-12,15,17-18,21H,6,8,13-14,16H2,1-5H3,(H2,27,28,29). The molecule has 1 atom stereocenters. The van der Waals surface area contributed by atoms with Gasteiger partial charge in [-0.2, -0.15) is 0 Å². The minimum atomic E-state index is -0.136. The minimum Gasteiger partial charge on any atom is -0.493 e. The number of amides is 2. The van der Waals surface area contributed by atoms with Crippen LogP contribution in [0.2, 0.25) is 0 Å². The van der Waals surface area contributed by atoms with Crippen LogP contribution < -0.4 is 15.4 Å². The van der Waals surface area contributed by atoms with Gasteiger partial charge >= 0.3 is 6.03 Å². The number of anilines is 1. The number of fused-ring (bicyclic) bond motifs is 1. The smallest absolute Gasteiger partial charge is 0.319 e. The van der Waals surface area contributed by atoms with Gasteiger partial charge in [-0.1, -0.05) is 71.4 Å². The van der Waals surface area contributed by atoms with Crippen molar-refractivity contribution in [3.63, 3.8) is 0 Å². The third-order valence-electron chi connectivity index (χ3n) is 5.95. The van der Waals surface area contributed by atoms with Crippen molar-refractivity contribution in [3.8, 4) is 5.75 Å². The summed E-state index contributed by atoms with van der Waals surface area (Å²) < 4.78 is 5.74. The van der Waals surface area contributed by atoms with Crippen LogP contribution in [0.15, 0.2) is 36.4 Å². The number of nitrogens with one attached hydrogen (secondary N) is 2. The third kappa shape index (κ3) is 5.16. The van der Waals surface area contributed by atoms with Crippen LogP contribution in [0.5, 0.6) is 5.75 Å². The van der Waals surface area contributed by atoms with Gasteiger partial charge in [0.25, 0.3) is 0 Å². The number of hydrogen-bond acceptors (Lipinski definition) is 2. The maximum absolute atomic E-state index is 12.8. The molecule has 0 saturated heterocycles. The topological polar surface area (TPSA) is 50.4 Å². The summed E-state index contributed by atoms with van der Waals surface area (Å²) in [5.74, 6) is 1.97. The van der Waals surface area contributed by atoms with Gasteiger partial charge in [-0.3, -0.25) is 0 Å². The van der Waals surface area contributed by atoms with Crippen molar-refractivity contribution in [3.05, 3.63) is 58.7 Å². The molecule has 4 nitrogen and oxygen atoms in total. The van der Waals surface area contributed by atoms with E-state index in [0.717, 1.165) is 37.3 Å². The fraction of sp³-hybridized carbons (Fsp3) is 0.500. The van der Waals surface area contributed by atoms with E-state index in [-0.39, 0.29) is 11.9 Å². The minimum absolute atomic E-state index is 0.136. The Hall–Kier alpha value is -2.49. The summed E-state index contributed by atoms with van der Waals surface area (Å²) in [6.45, 7) is 12.2. The predicted octanol–water partition coefficient (Wildman–Crippen LogP) is 6.57. The summed E-state index contributed by atoms with van der Waals surface area (Å²) in [6.07, 6.45) is 3.08. The highest BCUT2D eigenvalue weighted by atomic mass is 16.5. The summed E-state index contributed by atoms with van der Waals surface area (Å²) in [7, 11) is 0. The maximum atomic E-state index is 12.8. The summed E-state index contributed by atoms with van der Waals surface area (Å²) in [5, 5.41) is 6.28. The SMILES string of the molecule is CCCC(CNC(=O)Nc1c(C(C)C)cccc1C(C)C)c1ccc2c(c1)OCC2. The number of para-hydroxylation sites is 1. The van der Waals surface area contributed by atoms with Gasteiger partial charge in [-0.05, 0) is 46.6 Å². The molecule has 0 saturated carbocycles. The number of carbonyl (C=O) groups excluding carboxylic acids is 1. The van der Waals surface area contributed by atoms with E-state index in [4.69, 9.17) is 4.74 Å². The number of urea groups is 1. The lowest BCUT2D eigenvalue weighted by molar-refractivity contribution is 0.251. The summed E-state index contributed by atoms with van der Waals surface area (Å²) in [6, 6.07) is 12.7. The second-order valence-corrected chi connectivity index (χ2v) is 8.91. The second kappa shape index (κ2) is 10.0. The lowest BCUT2D eigenvalue weighted by atomic mass is 9.92. The predicted molar refractivity (Wildman–Crippen MR) is 125 cm³/mol. The van der Waals surface area contributed by atoms with Gasteiger partial charge in [0.15, 0.2) is 0 Å². The molecule has 0 fully saturated rings. The van der Waals surface area contributed by atoms with E-state index in [0.29, 0.717) is 18.4 Å². The molecule has 2 aromatic rings. The largest absolute Gasteiger partial charge is 0.493 e. The Morgan fingerprint density at radius 2 is 1.77 bits per heavy atom. The van der Waals surface area contributed by atoms with Crippen molar-refractivity contribution < 1.29 is 9.53 Å². The van der Waals surface area contributed by atoms with Crippen molar-refractivity contribution in [2.75, 3.05) is 18.5 Å². The van der Waals surface area contributed by atoms with Crippen LogP contribution in [-0.2, 0) is 6.42 Å². The molecule has 2 N–H and O–H groups in total. The van der Waals surface area contributed by atoms with Crippen molar-refractivity contribution in [2.45, 2.75) is 71.6 Å². The van der Waals surface area contributed by atoms with E-state index in [9.17, 15) is 4.79 Å². The highest BCUT2D eigenvalue weighted by Gasteiger charge is 2.19. The van der Waals surface area contributed by atoms with E-state index in [1.165, 1.54) is 22.3 Å². The quantitative estimate of drug-likeness (QED) is 0.519. The van der Waals surface area contributed by atoms with Crippen molar-refractivity contribution >= 4 is 11.7 Å². The van der Waals surface area contributed by atoms with Crippen LogP contribution in [0.25, 0.3) is 0 Å². The first-order chi connectivity index (χ1) is 14.4. The fourth-order valence-corrected chi connectivity index (χ4v) is 4.24. The first-order valence-corrected chi connectivity index (χ1v) is 11.3. The molecule has 3 rings (SSSR count). The van der Waals surface area contributed by atoms with E-state index >= 15 is 0 Å². The average Bonchev–Trinajstić information content (AvgIpc) is 3.18. The summed E-state index contributed by atoms with van der Waals surface area (Å²) in [5.41, 5.74) is 5.84. The van der Waals surface area contributed by atoms with Gasteiger partial charge in [0.1, 0.15) is 5.75 Å². The Bertz CT molecular complexity index is 847. The second-order valence-electron chi connectivity index (χ2n) is 8.91. The number of rotatable bonds is 8. The van der Waals surface area contributed by atoms with Gasteiger partial charge in [0.2, 0.25) is 0 Å². The molecule has 162 valence electrons. The van der Waals surface area contributed by atoms with Crippen LogP contribution >= 0.6 is 0 Å². The molecule has 1 aliphatic rings. The lowest BCUT2D eigenvalue weighted by Gasteiger charge is -2.22. The molecule has 2 amide bonds. The van der Waals surface area contributed by atoms with E-state index in [1.54, 1.807) is 0 Å². The van der Waals surface area contributed by atoms with Gasteiger partial charge < -0.3 is 15.4 Å². The lowest BCUT2D eigenvalue weighted by Crippen LogP contribution is -2.33. The van der Waals surface area contributed by atoms with E-state index < -0.39 is 0 Å². The molecule has 30 heavy (non-hydrogen) atoms. The molecule has 0 radical (unpaired) electrons. The average molecular weight is 409 g/mol. The molecule has 2 aromatic carbocycles. The van der Waals surface area contributed by atoms with E-state index in [1.807, 2.05) is 0 Å². The number of ether oxygens (including phenoxy) is 1. The van der Waals surface area contributed by atoms with Gasteiger partial charge in [0.05, 0.1) is 6.61 Å². The molecular weight excluding hydrogens is 372 g/mol. The zero-order valence-electron chi connectivity index (χ0n) is 19.0.